The first-order chi connectivity index (χ1) is 9.99. The largest absolute Gasteiger partial charge is 0.497 e. The van der Waals surface area contributed by atoms with E-state index in [4.69, 9.17) is 16.3 Å². The molecule has 0 amide bonds. The van der Waals surface area contributed by atoms with Gasteiger partial charge in [0.1, 0.15) is 11.6 Å². The Morgan fingerprint density at radius 2 is 1.90 bits per heavy atom. The van der Waals surface area contributed by atoms with Crippen molar-refractivity contribution in [3.63, 3.8) is 0 Å². The van der Waals surface area contributed by atoms with Crippen molar-refractivity contribution in [2.75, 3.05) is 7.11 Å². The first-order valence-electron chi connectivity index (χ1n) is 6.44. The Hall–Kier alpha value is -1.10. The molecule has 21 heavy (non-hydrogen) atoms. The van der Waals surface area contributed by atoms with Crippen molar-refractivity contribution in [2.24, 2.45) is 0 Å². The number of aliphatic hydroxyl groups excluding tert-OH is 1. The zero-order valence-electron chi connectivity index (χ0n) is 11.4. The SMILES string of the molecule is COc1ccc(Br)c(CC(O)Cc2ccc(F)cc2Cl)c1. The van der Waals surface area contributed by atoms with Crippen LogP contribution in [0.15, 0.2) is 40.9 Å². The van der Waals surface area contributed by atoms with Crippen molar-refractivity contribution in [1.29, 1.82) is 0 Å². The summed E-state index contributed by atoms with van der Waals surface area (Å²) in [5.41, 5.74) is 1.67. The van der Waals surface area contributed by atoms with E-state index in [1.165, 1.54) is 12.1 Å². The second kappa shape index (κ2) is 7.25. The second-order valence-electron chi connectivity index (χ2n) is 4.76. The molecule has 1 N–H and O–H groups in total. The predicted molar refractivity (Wildman–Crippen MR) is 85.5 cm³/mol. The number of methoxy groups -OCH3 is 1. The molecule has 0 aliphatic heterocycles. The lowest BCUT2D eigenvalue weighted by Gasteiger charge is -2.14. The number of hydrogen-bond acceptors (Lipinski definition) is 2. The fourth-order valence-electron chi connectivity index (χ4n) is 2.10. The summed E-state index contributed by atoms with van der Waals surface area (Å²) in [7, 11) is 1.60. The van der Waals surface area contributed by atoms with E-state index in [0.717, 1.165) is 21.3 Å². The lowest BCUT2D eigenvalue weighted by atomic mass is 10.0. The minimum absolute atomic E-state index is 0.332. The van der Waals surface area contributed by atoms with Crippen molar-refractivity contribution in [1.82, 2.24) is 0 Å². The van der Waals surface area contributed by atoms with Gasteiger partial charge in [-0.3, -0.25) is 0 Å². The number of benzene rings is 2. The number of halogens is 3. The summed E-state index contributed by atoms with van der Waals surface area (Å²) in [6.45, 7) is 0. The summed E-state index contributed by atoms with van der Waals surface area (Å²) in [6.07, 6.45) is 0.199. The minimum atomic E-state index is -0.614. The highest BCUT2D eigenvalue weighted by Gasteiger charge is 2.12. The maximum absolute atomic E-state index is 13.0. The molecule has 5 heteroatoms. The molecule has 0 fully saturated rings. The highest BCUT2D eigenvalue weighted by atomic mass is 79.9. The molecule has 0 saturated carbocycles. The lowest BCUT2D eigenvalue weighted by molar-refractivity contribution is 0.175. The van der Waals surface area contributed by atoms with Gasteiger partial charge in [0, 0.05) is 15.9 Å². The Kier molecular flexibility index (Phi) is 5.62. The van der Waals surface area contributed by atoms with Gasteiger partial charge in [0.25, 0.3) is 0 Å². The molecule has 2 aromatic carbocycles. The van der Waals surface area contributed by atoms with Crippen molar-refractivity contribution in [2.45, 2.75) is 18.9 Å². The Labute approximate surface area is 136 Å². The quantitative estimate of drug-likeness (QED) is 0.842. The number of rotatable bonds is 5. The lowest BCUT2D eigenvalue weighted by Crippen LogP contribution is -2.14. The zero-order valence-corrected chi connectivity index (χ0v) is 13.8. The van der Waals surface area contributed by atoms with Crippen LogP contribution in [-0.2, 0) is 12.8 Å². The molecule has 0 aliphatic carbocycles. The molecule has 0 bridgehead atoms. The van der Waals surface area contributed by atoms with E-state index in [1.54, 1.807) is 13.2 Å². The average molecular weight is 374 g/mol. The Morgan fingerprint density at radius 1 is 1.19 bits per heavy atom. The van der Waals surface area contributed by atoms with Crippen LogP contribution in [0.1, 0.15) is 11.1 Å². The molecule has 2 aromatic rings. The van der Waals surface area contributed by atoms with E-state index in [2.05, 4.69) is 15.9 Å². The van der Waals surface area contributed by atoms with Crippen LogP contribution in [0, 0.1) is 5.82 Å². The Bertz CT molecular complexity index is 634. The number of aliphatic hydroxyl groups is 1. The molecule has 2 nitrogen and oxygen atoms in total. The summed E-state index contributed by atoms with van der Waals surface area (Å²) in [5, 5.41) is 10.6. The summed E-state index contributed by atoms with van der Waals surface area (Å²) in [5.74, 6) is 0.356. The van der Waals surface area contributed by atoms with Gasteiger partial charge in [0.05, 0.1) is 13.2 Å². The van der Waals surface area contributed by atoms with Gasteiger partial charge in [-0.25, -0.2) is 4.39 Å². The first kappa shape index (κ1) is 16.3. The Balaban J connectivity index is 2.09. The maximum atomic E-state index is 13.0. The predicted octanol–water partition coefficient (Wildman–Crippen LogP) is 4.40. The molecule has 0 heterocycles. The van der Waals surface area contributed by atoms with E-state index >= 15 is 0 Å². The van der Waals surface area contributed by atoms with Gasteiger partial charge in [-0.1, -0.05) is 33.6 Å². The average Bonchev–Trinajstić information content (AvgIpc) is 2.44. The fraction of sp³-hybridized carbons (Fsp3) is 0.250. The molecule has 0 spiro atoms. The van der Waals surface area contributed by atoms with Crippen molar-refractivity contribution >= 4 is 27.5 Å². The van der Waals surface area contributed by atoms with Crippen LogP contribution in [0.5, 0.6) is 5.75 Å². The second-order valence-corrected chi connectivity index (χ2v) is 6.02. The van der Waals surface area contributed by atoms with E-state index in [0.29, 0.717) is 17.9 Å². The molecule has 0 aliphatic rings. The number of ether oxygens (including phenoxy) is 1. The molecular weight excluding hydrogens is 359 g/mol. The molecule has 1 unspecified atom stereocenters. The number of hydrogen-bond donors (Lipinski definition) is 1. The van der Waals surface area contributed by atoms with Gasteiger partial charge in [-0.15, -0.1) is 0 Å². The zero-order chi connectivity index (χ0) is 15.4. The van der Waals surface area contributed by atoms with E-state index < -0.39 is 6.10 Å². The van der Waals surface area contributed by atoms with Gasteiger partial charge in [0.15, 0.2) is 0 Å². The third-order valence-electron chi connectivity index (χ3n) is 3.18. The minimum Gasteiger partial charge on any atom is -0.497 e. The highest BCUT2D eigenvalue weighted by molar-refractivity contribution is 9.10. The molecule has 2 rings (SSSR count). The van der Waals surface area contributed by atoms with Crippen LogP contribution in [0.3, 0.4) is 0 Å². The smallest absolute Gasteiger partial charge is 0.124 e. The molecular formula is C16H15BrClFO2. The van der Waals surface area contributed by atoms with Crippen LogP contribution in [0.4, 0.5) is 4.39 Å². The van der Waals surface area contributed by atoms with Gasteiger partial charge >= 0.3 is 0 Å². The van der Waals surface area contributed by atoms with E-state index in [9.17, 15) is 9.50 Å². The van der Waals surface area contributed by atoms with Crippen LogP contribution < -0.4 is 4.74 Å². The third-order valence-corrected chi connectivity index (χ3v) is 4.30. The molecule has 0 saturated heterocycles. The standard InChI is InChI=1S/C16H15BrClFO2/c1-21-14-4-5-15(17)11(8-14)7-13(20)6-10-2-3-12(19)9-16(10)18/h2-5,8-9,13,20H,6-7H2,1H3. The molecule has 0 aromatic heterocycles. The summed E-state index contributed by atoms with van der Waals surface area (Å²) < 4.78 is 19.1. The highest BCUT2D eigenvalue weighted by Crippen LogP contribution is 2.25. The van der Waals surface area contributed by atoms with Crippen molar-refractivity contribution in [3.05, 3.63) is 62.8 Å². The third kappa shape index (κ3) is 4.43. The van der Waals surface area contributed by atoms with Crippen LogP contribution in [0.2, 0.25) is 5.02 Å². The van der Waals surface area contributed by atoms with E-state index in [1.807, 2.05) is 18.2 Å². The normalized spacial score (nSPS) is 12.2. The monoisotopic (exact) mass is 372 g/mol. The van der Waals surface area contributed by atoms with Crippen LogP contribution >= 0.6 is 27.5 Å². The van der Waals surface area contributed by atoms with Crippen LogP contribution in [0.25, 0.3) is 0 Å². The molecule has 0 radical (unpaired) electrons. The molecule has 1 atom stereocenters. The Morgan fingerprint density at radius 3 is 2.57 bits per heavy atom. The van der Waals surface area contributed by atoms with Gasteiger partial charge < -0.3 is 9.84 Å². The fourth-order valence-corrected chi connectivity index (χ4v) is 2.75. The summed E-state index contributed by atoms with van der Waals surface area (Å²) in [6, 6.07) is 9.80. The maximum Gasteiger partial charge on any atom is 0.124 e. The van der Waals surface area contributed by atoms with Gasteiger partial charge in [-0.2, -0.15) is 0 Å². The summed E-state index contributed by atoms with van der Waals surface area (Å²) >= 11 is 9.43. The van der Waals surface area contributed by atoms with Gasteiger partial charge in [-0.05, 0) is 47.9 Å². The van der Waals surface area contributed by atoms with E-state index in [-0.39, 0.29) is 5.82 Å². The van der Waals surface area contributed by atoms with Crippen molar-refractivity contribution in [3.8, 4) is 5.75 Å². The van der Waals surface area contributed by atoms with Crippen molar-refractivity contribution < 1.29 is 14.2 Å². The topological polar surface area (TPSA) is 29.5 Å². The first-order valence-corrected chi connectivity index (χ1v) is 7.61. The molecule has 112 valence electrons. The van der Waals surface area contributed by atoms with Gasteiger partial charge in [0.2, 0.25) is 0 Å². The summed E-state index contributed by atoms with van der Waals surface area (Å²) in [4.78, 5) is 0. The van der Waals surface area contributed by atoms with Crippen LogP contribution in [-0.4, -0.2) is 18.3 Å².